The summed E-state index contributed by atoms with van der Waals surface area (Å²) in [5.74, 6) is 0.668. The van der Waals surface area contributed by atoms with Gasteiger partial charge in [0.2, 0.25) is 5.91 Å². The summed E-state index contributed by atoms with van der Waals surface area (Å²) in [5, 5.41) is 2.65. The van der Waals surface area contributed by atoms with Gasteiger partial charge in [0, 0.05) is 18.4 Å². The smallest absolute Gasteiger partial charge is 0.407 e. The number of hydrogen-bond donors (Lipinski definition) is 2. The lowest BCUT2D eigenvalue weighted by Gasteiger charge is -2.32. The van der Waals surface area contributed by atoms with Gasteiger partial charge >= 0.3 is 6.09 Å². The van der Waals surface area contributed by atoms with E-state index < -0.39 is 12.1 Å². The first kappa shape index (κ1) is 16.3. The maximum absolute atomic E-state index is 13.0. The maximum atomic E-state index is 13.0. The number of nitrogens with one attached hydrogen (secondary N) is 2. The number of alkyl carbamates (subject to hydrolysis) is 1. The second-order valence-electron chi connectivity index (χ2n) is 6.02. The molecule has 0 aliphatic carbocycles. The molecule has 1 aromatic rings. The molecule has 0 saturated carbocycles. The first-order chi connectivity index (χ1) is 10.5. The van der Waals surface area contributed by atoms with Crippen molar-refractivity contribution < 1.29 is 14.3 Å². The van der Waals surface area contributed by atoms with Gasteiger partial charge in [-0.2, -0.15) is 0 Å². The first-order valence-electron chi connectivity index (χ1n) is 7.61. The normalized spacial score (nSPS) is 22.7. The van der Waals surface area contributed by atoms with Crippen LogP contribution >= 0.6 is 0 Å². The van der Waals surface area contributed by atoms with Gasteiger partial charge in [-0.15, -0.1) is 0 Å². The maximum Gasteiger partial charge on any atom is 0.407 e. The van der Waals surface area contributed by atoms with Crippen LogP contribution in [0.2, 0.25) is 0 Å². The lowest BCUT2D eigenvalue weighted by molar-refractivity contribution is -0.137. The molecule has 2 amide bonds. The summed E-state index contributed by atoms with van der Waals surface area (Å²) < 4.78 is 4.63. The van der Waals surface area contributed by atoms with Gasteiger partial charge in [-0.1, -0.05) is 13.8 Å². The van der Waals surface area contributed by atoms with E-state index in [4.69, 9.17) is 0 Å². The topological polar surface area (TPSA) is 87.3 Å². The fourth-order valence-electron chi connectivity index (χ4n) is 2.94. The molecule has 0 spiro atoms. The van der Waals surface area contributed by atoms with E-state index in [1.807, 2.05) is 25.7 Å². The molecule has 22 heavy (non-hydrogen) atoms. The number of likely N-dealkylation sites (tertiary alicyclic amines) is 1. The zero-order valence-electron chi connectivity index (χ0n) is 13.5. The number of imidazole rings is 1. The van der Waals surface area contributed by atoms with Crippen LogP contribution in [-0.2, 0) is 9.53 Å². The van der Waals surface area contributed by atoms with Gasteiger partial charge in [0.25, 0.3) is 0 Å². The minimum atomic E-state index is -0.606. The van der Waals surface area contributed by atoms with Crippen molar-refractivity contribution >= 4 is 12.0 Å². The number of methoxy groups -OCH3 is 1. The third-order valence-corrected chi connectivity index (χ3v) is 4.15. The number of aromatic nitrogens is 2. The number of ether oxygens (including phenoxy) is 1. The average Bonchev–Trinajstić information content (AvgIpc) is 3.12. The molecule has 0 radical (unpaired) electrons. The molecule has 1 aromatic heterocycles. The van der Waals surface area contributed by atoms with E-state index >= 15 is 0 Å². The number of aromatic amines is 1. The summed E-state index contributed by atoms with van der Waals surface area (Å²) in [4.78, 5) is 33.7. The molecule has 2 N–H and O–H groups in total. The second kappa shape index (κ2) is 6.81. The Morgan fingerprint density at radius 1 is 1.45 bits per heavy atom. The van der Waals surface area contributed by atoms with E-state index in [-0.39, 0.29) is 23.9 Å². The van der Waals surface area contributed by atoms with Crippen LogP contribution in [0.5, 0.6) is 0 Å². The fourth-order valence-corrected chi connectivity index (χ4v) is 2.94. The van der Waals surface area contributed by atoms with E-state index in [0.717, 1.165) is 18.7 Å². The van der Waals surface area contributed by atoms with Crippen molar-refractivity contribution in [2.75, 3.05) is 7.11 Å². The highest BCUT2D eigenvalue weighted by Crippen LogP contribution is 2.35. The summed E-state index contributed by atoms with van der Waals surface area (Å²) in [6, 6.07) is -0.563. The molecule has 0 aromatic carbocycles. The highest BCUT2D eigenvalue weighted by molar-refractivity contribution is 5.86. The highest BCUT2D eigenvalue weighted by Gasteiger charge is 2.40. The van der Waals surface area contributed by atoms with Gasteiger partial charge in [0.1, 0.15) is 11.9 Å². The number of carbonyl (C=O) groups excluding carboxylic acids is 2. The van der Waals surface area contributed by atoms with Crippen LogP contribution in [0.15, 0.2) is 12.4 Å². The van der Waals surface area contributed by atoms with E-state index in [0.29, 0.717) is 0 Å². The Hall–Kier alpha value is -2.05. The van der Waals surface area contributed by atoms with Gasteiger partial charge in [0.15, 0.2) is 0 Å². The zero-order chi connectivity index (χ0) is 16.3. The Labute approximate surface area is 130 Å². The summed E-state index contributed by atoms with van der Waals surface area (Å²) in [5.41, 5.74) is 0. The summed E-state index contributed by atoms with van der Waals surface area (Å²) in [7, 11) is 1.29. The minimum absolute atomic E-state index is 0.0309. The Kier molecular flexibility index (Phi) is 5.05. The lowest BCUT2D eigenvalue weighted by atomic mass is 10.0. The van der Waals surface area contributed by atoms with Crippen molar-refractivity contribution in [3.8, 4) is 0 Å². The number of nitrogens with zero attached hydrogens (tertiary/aromatic N) is 2. The number of hydrogen-bond acceptors (Lipinski definition) is 4. The summed E-state index contributed by atoms with van der Waals surface area (Å²) in [6.45, 7) is 5.83. The van der Waals surface area contributed by atoms with Crippen LogP contribution in [0.4, 0.5) is 4.79 Å². The minimum Gasteiger partial charge on any atom is -0.453 e. The molecule has 2 heterocycles. The summed E-state index contributed by atoms with van der Waals surface area (Å²) >= 11 is 0. The van der Waals surface area contributed by atoms with Crippen LogP contribution in [0, 0.1) is 5.92 Å². The number of rotatable bonds is 4. The molecule has 2 rings (SSSR count). The van der Waals surface area contributed by atoms with Gasteiger partial charge < -0.3 is 19.9 Å². The third-order valence-electron chi connectivity index (χ3n) is 4.15. The highest BCUT2D eigenvalue weighted by atomic mass is 16.5. The third kappa shape index (κ3) is 3.23. The first-order valence-corrected chi connectivity index (χ1v) is 7.61. The monoisotopic (exact) mass is 308 g/mol. The number of carbonyl (C=O) groups is 2. The van der Waals surface area contributed by atoms with Crippen molar-refractivity contribution in [3.63, 3.8) is 0 Å². The van der Waals surface area contributed by atoms with E-state index in [2.05, 4.69) is 20.0 Å². The second-order valence-corrected chi connectivity index (χ2v) is 6.02. The summed E-state index contributed by atoms with van der Waals surface area (Å²) in [6.07, 6.45) is 4.64. The largest absolute Gasteiger partial charge is 0.453 e. The van der Waals surface area contributed by atoms with Crippen molar-refractivity contribution in [2.24, 2.45) is 5.92 Å². The molecule has 1 fully saturated rings. The standard InChI is InChI=1S/C15H24N4O3/c1-9(2)12(18-15(21)22-4)14(20)19-10(3)5-6-11(19)13-16-7-8-17-13/h7-12H,5-6H2,1-4H3,(H,16,17)(H,18,21)/t10-,11-,12-/m0/s1. The van der Waals surface area contributed by atoms with Crippen molar-refractivity contribution in [3.05, 3.63) is 18.2 Å². The average molecular weight is 308 g/mol. The van der Waals surface area contributed by atoms with Crippen LogP contribution < -0.4 is 5.32 Å². The van der Waals surface area contributed by atoms with Crippen LogP contribution in [0.1, 0.15) is 45.5 Å². The van der Waals surface area contributed by atoms with Gasteiger partial charge in [-0.05, 0) is 25.7 Å². The molecular formula is C15H24N4O3. The predicted molar refractivity (Wildman–Crippen MR) is 81.0 cm³/mol. The molecule has 1 saturated heterocycles. The van der Waals surface area contributed by atoms with Crippen molar-refractivity contribution in [1.29, 1.82) is 0 Å². The SMILES string of the molecule is COC(=O)N[C@H](C(=O)N1[C@@H](C)CC[C@H]1c1ncc[nH]1)C(C)C. The Bertz CT molecular complexity index is 515. The molecular weight excluding hydrogens is 284 g/mol. The number of H-pyrrole nitrogens is 1. The molecule has 7 heteroatoms. The van der Waals surface area contributed by atoms with Gasteiger partial charge in [0.05, 0.1) is 13.2 Å². The molecule has 1 aliphatic rings. The van der Waals surface area contributed by atoms with Crippen LogP contribution in [0.25, 0.3) is 0 Å². The fraction of sp³-hybridized carbons (Fsp3) is 0.667. The zero-order valence-corrected chi connectivity index (χ0v) is 13.5. The molecule has 0 unspecified atom stereocenters. The van der Waals surface area contributed by atoms with Gasteiger partial charge in [-0.3, -0.25) is 4.79 Å². The van der Waals surface area contributed by atoms with Crippen molar-refractivity contribution in [1.82, 2.24) is 20.2 Å². The molecule has 7 nitrogen and oxygen atoms in total. The Morgan fingerprint density at radius 3 is 2.73 bits per heavy atom. The Balaban J connectivity index is 2.21. The van der Waals surface area contributed by atoms with Crippen molar-refractivity contribution in [2.45, 2.75) is 51.7 Å². The molecule has 1 aliphatic heterocycles. The Morgan fingerprint density at radius 2 is 2.18 bits per heavy atom. The van der Waals surface area contributed by atoms with Crippen LogP contribution in [0.3, 0.4) is 0 Å². The predicted octanol–water partition coefficient (Wildman–Crippen LogP) is 1.84. The molecule has 0 bridgehead atoms. The molecule has 3 atom stereocenters. The lowest BCUT2D eigenvalue weighted by Crippen LogP contribution is -2.52. The molecule has 122 valence electrons. The van der Waals surface area contributed by atoms with E-state index in [9.17, 15) is 9.59 Å². The number of amides is 2. The van der Waals surface area contributed by atoms with E-state index in [1.165, 1.54) is 7.11 Å². The van der Waals surface area contributed by atoms with E-state index in [1.54, 1.807) is 12.4 Å². The quantitative estimate of drug-likeness (QED) is 0.888. The van der Waals surface area contributed by atoms with Gasteiger partial charge in [-0.25, -0.2) is 9.78 Å². The van der Waals surface area contributed by atoms with Crippen LogP contribution in [-0.4, -0.2) is 46.1 Å².